The molecule has 0 bridgehead atoms. The molecule has 1 N–H and O–H groups in total. The zero-order valence-electron chi connectivity index (χ0n) is 12.6. The maximum absolute atomic E-state index is 9.41. The van der Waals surface area contributed by atoms with E-state index in [4.69, 9.17) is 4.74 Å². The first-order chi connectivity index (χ1) is 10.1. The summed E-state index contributed by atoms with van der Waals surface area (Å²) < 4.78 is 5.87. The first kappa shape index (κ1) is 14.4. The van der Waals surface area contributed by atoms with Gasteiger partial charge in [-0.1, -0.05) is 24.3 Å². The number of hydrogen-bond donors (Lipinski definition) is 1. The van der Waals surface area contributed by atoms with Crippen LogP contribution in [-0.2, 0) is 11.3 Å². The summed E-state index contributed by atoms with van der Waals surface area (Å²) in [5.74, 6) is 0. The smallest absolute Gasteiger partial charge is 0.0940 e. The van der Waals surface area contributed by atoms with Crippen molar-refractivity contribution in [1.29, 1.82) is 0 Å². The number of aliphatic hydroxyl groups is 1. The van der Waals surface area contributed by atoms with E-state index in [0.717, 1.165) is 25.2 Å². The zero-order valence-corrected chi connectivity index (χ0v) is 12.6. The molecular formula is C17H22N2O2. The van der Waals surface area contributed by atoms with Gasteiger partial charge >= 0.3 is 0 Å². The third-order valence-electron chi connectivity index (χ3n) is 3.87. The van der Waals surface area contributed by atoms with E-state index in [0.29, 0.717) is 0 Å². The fraction of sp³-hybridized carbons (Fsp3) is 0.471. The van der Waals surface area contributed by atoms with Gasteiger partial charge in [0.05, 0.1) is 23.8 Å². The Balaban J connectivity index is 1.84. The van der Waals surface area contributed by atoms with Crippen molar-refractivity contribution in [3.05, 3.63) is 42.1 Å². The Hall–Kier alpha value is -1.49. The molecule has 0 spiro atoms. The number of hydrogen-bond acceptors (Lipinski definition) is 4. The lowest BCUT2D eigenvalue weighted by Crippen LogP contribution is -2.53. The van der Waals surface area contributed by atoms with E-state index in [9.17, 15) is 5.11 Å². The fourth-order valence-corrected chi connectivity index (χ4v) is 3.17. The van der Waals surface area contributed by atoms with Crippen LogP contribution in [0.25, 0.3) is 10.9 Å². The average Bonchev–Trinajstić information content (AvgIpc) is 2.46. The predicted octanol–water partition coefficient (Wildman–Crippen LogP) is 2.21. The topological polar surface area (TPSA) is 45.6 Å². The molecule has 1 unspecified atom stereocenters. The third-order valence-corrected chi connectivity index (χ3v) is 3.87. The maximum Gasteiger partial charge on any atom is 0.0940 e. The molecule has 1 saturated heterocycles. The molecule has 3 rings (SSSR count). The molecule has 21 heavy (non-hydrogen) atoms. The van der Waals surface area contributed by atoms with Crippen molar-refractivity contribution < 1.29 is 9.84 Å². The van der Waals surface area contributed by atoms with Gasteiger partial charge in [0.1, 0.15) is 0 Å². The van der Waals surface area contributed by atoms with Gasteiger partial charge in [-0.15, -0.1) is 0 Å². The van der Waals surface area contributed by atoms with Gasteiger partial charge in [0.15, 0.2) is 0 Å². The lowest BCUT2D eigenvalue weighted by molar-refractivity contribution is -0.150. The van der Waals surface area contributed by atoms with Crippen LogP contribution in [0.3, 0.4) is 0 Å². The minimum Gasteiger partial charge on any atom is -0.394 e. The normalized spacial score (nSPS) is 22.5. The maximum atomic E-state index is 9.41. The molecule has 1 atom stereocenters. The van der Waals surface area contributed by atoms with Crippen LogP contribution in [0.15, 0.2) is 36.5 Å². The summed E-state index contributed by atoms with van der Waals surface area (Å²) in [5, 5.41) is 10.6. The van der Waals surface area contributed by atoms with Crippen LogP contribution in [0, 0.1) is 0 Å². The Morgan fingerprint density at radius 2 is 2.14 bits per heavy atom. The van der Waals surface area contributed by atoms with Crippen molar-refractivity contribution in [3.63, 3.8) is 0 Å². The molecule has 1 aliphatic rings. The van der Waals surface area contributed by atoms with Crippen molar-refractivity contribution in [1.82, 2.24) is 9.88 Å². The molecule has 0 radical (unpaired) electrons. The van der Waals surface area contributed by atoms with Crippen LogP contribution in [0.5, 0.6) is 0 Å². The van der Waals surface area contributed by atoms with E-state index in [1.165, 1.54) is 10.9 Å². The highest BCUT2D eigenvalue weighted by molar-refractivity contribution is 5.81. The molecule has 1 aromatic heterocycles. The predicted molar refractivity (Wildman–Crippen MR) is 83.1 cm³/mol. The van der Waals surface area contributed by atoms with Crippen LogP contribution in [0.2, 0.25) is 0 Å². The highest BCUT2D eigenvalue weighted by Crippen LogP contribution is 2.24. The molecular weight excluding hydrogens is 264 g/mol. The second-order valence-electron chi connectivity index (χ2n) is 6.34. The van der Waals surface area contributed by atoms with Crippen LogP contribution in [-0.4, -0.2) is 46.4 Å². The fourth-order valence-electron chi connectivity index (χ4n) is 3.17. The molecule has 1 aliphatic heterocycles. The van der Waals surface area contributed by atoms with Crippen molar-refractivity contribution in [2.45, 2.75) is 32.1 Å². The number of benzene rings is 1. The van der Waals surface area contributed by atoms with Gasteiger partial charge in [-0.2, -0.15) is 0 Å². The Morgan fingerprint density at radius 1 is 1.33 bits per heavy atom. The number of nitrogens with zero attached hydrogens (tertiary/aromatic N) is 2. The van der Waals surface area contributed by atoms with Gasteiger partial charge in [-0.05, 0) is 25.5 Å². The Labute approximate surface area is 125 Å². The summed E-state index contributed by atoms with van der Waals surface area (Å²) in [6.07, 6.45) is 1.72. The van der Waals surface area contributed by atoms with Gasteiger partial charge in [0.2, 0.25) is 0 Å². The Morgan fingerprint density at radius 3 is 2.95 bits per heavy atom. The summed E-state index contributed by atoms with van der Waals surface area (Å²) in [4.78, 5) is 6.86. The number of para-hydroxylation sites is 1. The summed E-state index contributed by atoms with van der Waals surface area (Å²) in [5.41, 5.74) is 2.05. The van der Waals surface area contributed by atoms with Crippen LogP contribution < -0.4 is 0 Å². The second-order valence-corrected chi connectivity index (χ2v) is 6.34. The zero-order chi connectivity index (χ0) is 14.9. The number of aromatic nitrogens is 1. The van der Waals surface area contributed by atoms with E-state index in [-0.39, 0.29) is 18.3 Å². The van der Waals surface area contributed by atoms with Crippen LogP contribution >= 0.6 is 0 Å². The lowest BCUT2D eigenvalue weighted by atomic mass is 10.0. The molecule has 0 saturated carbocycles. The molecule has 0 aliphatic carbocycles. The quantitative estimate of drug-likeness (QED) is 0.939. The number of fused-ring (bicyclic) bond motifs is 1. The first-order valence-corrected chi connectivity index (χ1v) is 7.41. The van der Waals surface area contributed by atoms with Crippen molar-refractivity contribution >= 4 is 10.9 Å². The average molecular weight is 286 g/mol. The number of pyridine rings is 1. The summed E-state index contributed by atoms with van der Waals surface area (Å²) >= 11 is 0. The third kappa shape index (κ3) is 3.23. The number of morpholine rings is 1. The van der Waals surface area contributed by atoms with Gasteiger partial charge in [-0.3, -0.25) is 9.88 Å². The Kier molecular flexibility index (Phi) is 3.93. The summed E-state index contributed by atoms with van der Waals surface area (Å²) in [7, 11) is 0. The van der Waals surface area contributed by atoms with Gasteiger partial charge in [-0.25, -0.2) is 0 Å². The molecule has 2 aromatic rings. The molecule has 1 fully saturated rings. The van der Waals surface area contributed by atoms with Crippen LogP contribution in [0.1, 0.15) is 19.4 Å². The summed E-state index contributed by atoms with van der Waals surface area (Å²) in [6.45, 7) is 6.65. The number of ether oxygens (including phenoxy) is 1. The second kappa shape index (κ2) is 5.72. The van der Waals surface area contributed by atoms with Gasteiger partial charge < -0.3 is 9.84 Å². The highest BCUT2D eigenvalue weighted by Gasteiger charge is 2.33. The van der Waals surface area contributed by atoms with Crippen LogP contribution in [0.4, 0.5) is 0 Å². The van der Waals surface area contributed by atoms with E-state index >= 15 is 0 Å². The molecule has 0 amide bonds. The molecule has 1 aromatic carbocycles. The minimum atomic E-state index is -0.232. The van der Waals surface area contributed by atoms with Crippen molar-refractivity contribution in [2.24, 2.45) is 0 Å². The largest absolute Gasteiger partial charge is 0.394 e. The minimum absolute atomic E-state index is 0.0632. The van der Waals surface area contributed by atoms with E-state index in [1.807, 2.05) is 12.3 Å². The standard InChI is InChI=1S/C17H22N2O2/c1-17(2)12-19(10-15(11-20)21-17)9-14-6-3-5-13-7-4-8-18-16(13)14/h3-8,15,20H,9-12H2,1-2H3. The molecule has 4 heteroatoms. The molecule has 4 nitrogen and oxygen atoms in total. The van der Waals surface area contributed by atoms with Crippen molar-refractivity contribution in [3.8, 4) is 0 Å². The van der Waals surface area contributed by atoms with E-state index in [2.05, 4.69) is 48.0 Å². The van der Waals surface area contributed by atoms with Crippen molar-refractivity contribution in [2.75, 3.05) is 19.7 Å². The van der Waals surface area contributed by atoms with Gasteiger partial charge in [0, 0.05) is 31.2 Å². The molecule has 2 heterocycles. The molecule has 112 valence electrons. The summed E-state index contributed by atoms with van der Waals surface area (Å²) in [6, 6.07) is 10.4. The Bertz CT molecular complexity index is 622. The van der Waals surface area contributed by atoms with Gasteiger partial charge in [0.25, 0.3) is 0 Å². The first-order valence-electron chi connectivity index (χ1n) is 7.41. The number of aliphatic hydroxyl groups excluding tert-OH is 1. The highest BCUT2D eigenvalue weighted by atomic mass is 16.5. The number of rotatable bonds is 3. The SMILES string of the molecule is CC1(C)CN(Cc2cccc3cccnc23)CC(CO)O1. The van der Waals surface area contributed by atoms with E-state index in [1.54, 1.807) is 0 Å². The van der Waals surface area contributed by atoms with E-state index < -0.39 is 0 Å². The monoisotopic (exact) mass is 286 g/mol. The lowest BCUT2D eigenvalue weighted by Gasteiger charge is -2.42.